The largest absolute Gasteiger partial charge is 0.507 e. The third-order valence-corrected chi connectivity index (χ3v) is 2.91. The maximum absolute atomic E-state index is 11.5. The van der Waals surface area contributed by atoms with Crippen LogP contribution in [0.1, 0.15) is 29.2 Å². The summed E-state index contributed by atoms with van der Waals surface area (Å²) in [6.45, 7) is 7.41. The molecule has 1 N–H and O–H groups in total. The zero-order valence-corrected chi connectivity index (χ0v) is 11.6. The van der Waals surface area contributed by atoms with Crippen LogP contribution in [0.3, 0.4) is 0 Å². The summed E-state index contributed by atoms with van der Waals surface area (Å²) in [5.74, 6) is -0.145. The Morgan fingerprint density at radius 2 is 1.72 bits per heavy atom. The Kier molecular flexibility index (Phi) is 4.68. The fraction of sp³-hybridized carbons (Fsp3) is 0.400. The van der Waals surface area contributed by atoms with Gasteiger partial charge < -0.3 is 9.84 Å². The number of ketones is 1. The number of aryl methyl sites for hydroxylation is 3. The highest BCUT2D eigenvalue weighted by molar-refractivity contribution is 6.00. The monoisotopic (exact) mass is 248 g/mol. The molecule has 98 valence electrons. The normalized spacial score (nSPS) is 12.3. The Balaban J connectivity index is 3.44. The molecule has 1 aromatic rings. The Hall–Kier alpha value is -1.61. The third-order valence-electron chi connectivity index (χ3n) is 2.91. The standard InChI is InChI=1S/C15H20O3/c1-9-6-10(2)14(11(3)7-9)15(17)13(8-18-5)12(4)16/h6-7,17H,8H2,1-5H3/b15-13-. The van der Waals surface area contributed by atoms with E-state index in [9.17, 15) is 9.90 Å². The second-order valence-electron chi connectivity index (χ2n) is 4.59. The van der Waals surface area contributed by atoms with Gasteiger partial charge in [0.25, 0.3) is 0 Å². The van der Waals surface area contributed by atoms with Crippen LogP contribution in [0.15, 0.2) is 17.7 Å². The fourth-order valence-corrected chi connectivity index (χ4v) is 2.19. The van der Waals surface area contributed by atoms with Gasteiger partial charge in [-0.1, -0.05) is 17.7 Å². The average molecular weight is 248 g/mol. The third kappa shape index (κ3) is 2.99. The Morgan fingerprint density at radius 3 is 2.11 bits per heavy atom. The first-order valence-corrected chi connectivity index (χ1v) is 5.88. The molecule has 0 saturated carbocycles. The van der Waals surface area contributed by atoms with Gasteiger partial charge >= 0.3 is 0 Å². The van der Waals surface area contributed by atoms with Crippen LogP contribution >= 0.6 is 0 Å². The lowest BCUT2D eigenvalue weighted by Gasteiger charge is -2.13. The smallest absolute Gasteiger partial charge is 0.161 e. The van der Waals surface area contributed by atoms with E-state index in [2.05, 4.69) is 0 Å². The van der Waals surface area contributed by atoms with E-state index < -0.39 is 0 Å². The molecule has 0 unspecified atom stereocenters. The lowest BCUT2D eigenvalue weighted by atomic mass is 9.95. The van der Waals surface area contributed by atoms with Gasteiger partial charge in [0.1, 0.15) is 5.76 Å². The first-order chi connectivity index (χ1) is 8.38. The second kappa shape index (κ2) is 5.83. The van der Waals surface area contributed by atoms with E-state index in [1.54, 1.807) is 0 Å². The summed E-state index contributed by atoms with van der Waals surface area (Å²) in [7, 11) is 1.51. The molecule has 0 aliphatic heterocycles. The lowest BCUT2D eigenvalue weighted by Crippen LogP contribution is -2.09. The number of carbonyl (C=O) groups is 1. The number of hydrogen-bond donors (Lipinski definition) is 1. The predicted octanol–water partition coefficient (Wildman–Crippen LogP) is 3.12. The topological polar surface area (TPSA) is 46.5 Å². The van der Waals surface area contributed by atoms with Crippen molar-refractivity contribution in [1.82, 2.24) is 0 Å². The fourth-order valence-electron chi connectivity index (χ4n) is 2.19. The van der Waals surface area contributed by atoms with Crippen molar-refractivity contribution >= 4 is 11.5 Å². The van der Waals surface area contributed by atoms with Crippen molar-refractivity contribution in [1.29, 1.82) is 0 Å². The average Bonchev–Trinajstić information content (AvgIpc) is 2.23. The van der Waals surface area contributed by atoms with Crippen molar-refractivity contribution in [2.45, 2.75) is 27.7 Å². The van der Waals surface area contributed by atoms with Crippen molar-refractivity contribution in [2.75, 3.05) is 13.7 Å². The van der Waals surface area contributed by atoms with E-state index in [1.165, 1.54) is 14.0 Å². The molecule has 18 heavy (non-hydrogen) atoms. The molecule has 0 saturated heterocycles. The molecular formula is C15H20O3. The molecular weight excluding hydrogens is 228 g/mol. The molecule has 0 heterocycles. The number of ether oxygens (including phenoxy) is 1. The highest BCUT2D eigenvalue weighted by atomic mass is 16.5. The van der Waals surface area contributed by atoms with Gasteiger partial charge in [-0.05, 0) is 38.8 Å². The van der Waals surface area contributed by atoms with Gasteiger partial charge in [-0.15, -0.1) is 0 Å². The number of hydrogen-bond acceptors (Lipinski definition) is 3. The number of aliphatic hydroxyl groups excluding tert-OH is 1. The van der Waals surface area contributed by atoms with Gasteiger partial charge in [0.15, 0.2) is 5.78 Å². The zero-order valence-electron chi connectivity index (χ0n) is 11.6. The quantitative estimate of drug-likeness (QED) is 0.658. The molecule has 0 aromatic heterocycles. The zero-order chi connectivity index (χ0) is 13.9. The number of aliphatic hydroxyl groups is 1. The summed E-state index contributed by atoms with van der Waals surface area (Å²) in [6.07, 6.45) is 0. The SMILES string of the molecule is COC/C(C(C)=O)=C(/O)c1c(C)cc(C)cc1C. The van der Waals surface area contributed by atoms with E-state index in [-0.39, 0.29) is 18.1 Å². The Morgan fingerprint density at radius 1 is 1.22 bits per heavy atom. The Bertz CT molecular complexity index is 475. The summed E-state index contributed by atoms with van der Waals surface area (Å²) in [6, 6.07) is 3.98. The first kappa shape index (κ1) is 14.5. The van der Waals surface area contributed by atoms with Crippen LogP contribution in [0.4, 0.5) is 0 Å². The van der Waals surface area contributed by atoms with Gasteiger partial charge in [0.2, 0.25) is 0 Å². The molecule has 0 amide bonds. The molecule has 0 aliphatic rings. The minimum Gasteiger partial charge on any atom is -0.507 e. The van der Waals surface area contributed by atoms with Crippen LogP contribution < -0.4 is 0 Å². The van der Waals surface area contributed by atoms with Gasteiger partial charge in [-0.3, -0.25) is 4.79 Å². The molecule has 1 rings (SSSR count). The highest BCUT2D eigenvalue weighted by Crippen LogP contribution is 2.25. The molecule has 3 heteroatoms. The summed E-state index contributed by atoms with van der Waals surface area (Å²) < 4.78 is 4.97. The summed E-state index contributed by atoms with van der Waals surface area (Å²) in [4.78, 5) is 11.5. The van der Waals surface area contributed by atoms with E-state index in [4.69, 9.17) is 4.74 Å². The molecule has 0 fully saturated rings. The van der Waals surface area contributed by atoms with Crippen LogP contribution in [0.2, 0.25) is 0 Å². The van der Waals surface area contributed by atoms with Crippen LogP contribution in [0.5, 0.6) is 0 Å². The number of carbonyl (C=O) groups excluding carboxylic acids is 1. The maximum atomic E-state index is 11.5. The number of rotatable bonds is 4. The molecule has 3 nitrogen and oxygen atoms in total. The van der Waals surface area contributed by atoms with E-state index in [0.29, 0.717) is 5.57 Å². The number of Topliss-reactive ketones (excluding diaryl/α,β-unsaturated/α-hetero) is 1. The van der Waals surface area contributed by atoms with Crippen LogP contribution in [-0.4, -0.2) is 24.6 Å². The summed E-state index contributed by atoms with van der Waals surface area (Å²) in [5.41, 5.74) is 4.09. The first-order valence-electron chi connectivity index (χ1n) is 5.88. The van der Waals surface area contributed by atoms with Crippen LogP contribution in [0, 0.1) is 20.8 Å². The van der Waals surface area contributed by atoms with E-state index in [1.807, 2.05) is 32.9 Å². The van der Waals surface area contributed by atoms with E-state index >= 15 is 0 Å². The van der Waals surface area contributed by atoms with Crippen molar-refractivity contribution in [2.24, 2.45) is 0 Å². The highest BCUT2D eigenvalue weighted by Gasteiger charge is 2.16. The van der Waals surface area contributed by atoms with Crippen molar-refractivity contribution in [3.8, 4) is 0 Å². The van der Waals surface area contributed by atoms with Crippen LogP contribution in [-0.2, 0) is 9.53 Å². The molecule has 0 radical (unpaired) electrons. The molecule has 0 aliphatic carbocycles. The van der Waals surface area contributed by atoms with Crippen LogP contribution in [0.25, 0.3) is 5.76 Å². The predicted molar refractivity (Wildman–Crippen MR) is 72.8 cm³/mol. The van der Waals surface area contributed by atoms with Gasteiger partial charge in [-0.2, -0.15) is 0 Å². The van der Waals surface area contributed by atoms with Crippen molar-refractivity contribution in [3.05, 3.63) is 40.0 Å². The van der Waals surface area contributed by atoms with Crippen molar-refractivity contribution in [3.63, 3.8) is 0 Å². The molecule has 1 aromatic carbocycles. The molecule has 0 atom stereocenters. The second-order valence-corrected chi connectivity index (χ2v) is 4.59. The molecule has 0 bridgehead atoms. The molecule has 0 spiro atoms. The van der Waals surface area contributed by atoms with Gasteiger partial charge in [-0.25, -0.2) is 0 Å². The van der Waals surface area contributed by atoms with Crippen molar-refractivity contribution < 1.29 is 14.6 Å². The lowest BCUT2D eigenvalue weighted by molar-refractivity contribution is -0.114. The minimum absolute atomic E-state index is 0.0272. The summed E-state index contributed by atoms with van der Waals surface area (Å²) >= 11 is 0. The summed E-state index contributed by atoms with van der Waals surface area (Å²) in [5, 5.41) is 10.3. The Labute approximate surface area is 108 Å². The maximum Gasteiger partial charge on any atom is 0.161 e. The van der Waals surface area contributed by atoms with Gasteiger partial charge in [0.05, 0.1) is 12.2 Å². The minimum atomic E-state index is -0.172. The van der Waals surface area contributed by atoms with E-state index in [0.717, 1.165) is 22.3 Å². The van der Waals surface area contributed by atoms with Gasteiger partial charge in [0, 0.05) is 12.7 Å². The number of benzene rings is 1. The number of methoxy groups -OCH3 is 1.